The minimum Gasteiger partial charge on any atom is -0.313 e. The maximum absolute atomic E-state index is 4.62. The molecule has 2 heterocycles. The van der Waals surface area contributed by atoms with Gasteiger partial charge in [0.15, 0.2) is 5.65 Å². The SMILES string of the molecule is CNCc1nc2cccnc2n1CC1CC1. The number of imidazole rings is 1. The van der Waals surface area contributed by atoms with E-state index in [-0.39, 0.29) is 0 Å². The maximum atomic E-state index is 4.62. The summed E-state index contributed by atoms with van der Waals surface area (Å²) in [5.74, 6) is 1.94. The van der Waals surface area contributed by atoms with E-state index < -0.39 is 0 Å². The molecule has 0 amide bonds. The Morgan fingerprint density at radius 2 is 2.38 bits per heavy atom. The summed E-state index contributed by atoms with van der Waals surface area (Å²) in [4.78, 5) is 9.06. The fraction of sp³-hybridized carbons (Fsp3) is 0.500. The highest BCUT2D eigenvalue weighted by Crippen LogP contribution is 2.32. The molecule has 1 saturated carbocycles. The number of pyridine rings is 1. The number of nitrogens with one attached hydrogen (secondary N) is 1. The van der Waals surface area contributed by atoms with Gasteiger partial charge in [-0.15, -0.1) is 0 Å². The minimum atomic E-state index is 0.809. The van der Waals surface area contributed by atoms with Gasteiger partial charge in [0.25, 0.3) is 0 Å². The molecule has 0 unspecified atom stereocenters. The van der Waals surface area contributed by atoms with Crippen LogP contribution >= 0.6 is 0 Å². The van der Waals surface area contributed by atoms with Gasteiger partial charge in [0.1, 0.15) is 11.3 Å². The first-order chi connectivity index (χ1) is 7.88. The molecule has 0 bridgehead atoms. The highest BCUT2D eigenvalue weighted by molar-refractivity contribution is 5.71. The number of hydrogen-bond acceptors (Lipinski definition) is 3. The van der Waals surface area contributed by atoms with Crippen molar-refractivity contribution >= 4 is 11.2 Å². The molecule has 0 aliphatic heterocycles. The molecule has 1 N–H and O–H groups in total. The van der Waals surface area contributed by atoms with Crippen LogP contribution < -0.4 is 5.32 Å². The quantitative estimate of drug-likeness (QED) is 0.843. The van der Waals surface area contributed by atoms with E-state index in [0.29, 0.717) is 0 Å². The van der Waals surface area contributed by atoms with E-state index in [9.17, 15) is 0 Å². The van der Waals surface area contributed by atoms with Crippen molar-refractivity contribution in [2.75, 3.05) is 7.05 Å². The summed E-state index contributed by atoms with van der Waals surface area (Å²) in [5, 5.41) is 3.17. The lowest BCUT2D eigenvalue weighted by atomic mass is 10.4. The second-order valence-corrected chi connectivity index (χ2v) is 4.46. The molecule has 84 valence electrons. The molecule has 1 aliphatic carbocycles. The van der Waals surface area contributed by atoms with Crippen LogP contribution in [0.3, 0.4) is 0 Å². The Bertz CT molecular complexity index is 499. The van der Waals surface area contributed by atoms with Crippen LogP contribution in [-0.2, 0) is 13.1 Å². The van der Waals surface area contributed by atoms with Crippen LogP contribution in [0, 0.1) is 5.92 Å². The van der Waals surface area contributed by atoms with Gasteiger partial charge in [-0.25, -0.2) is 9.97 Å². The van der Waals surface area contributed by atoms with Gasteiger partial charge in [-0.1, -0.05) is 0 Å². The lowest BCUT2D eigenvalue weighted by molar-refractivity contribution is 0.591. The van der Waals surface area contributed by atoms with E-state index in [0.717, 1.165) is 36.0 Å². The second kappa shape index (κ2) is 3.87. The first-order valence-electron chi connectivity index (χ1n) is 5.83. The van der Waals surface area contributed by atoms with Crippen molar-refractivity contribution in [3.05, 3.63) is 24.2 Å². The molecule has 0 aromatic carbocycles. The summed E-state index contributed by atoms with van der Waals surface area (Å²) in [6, 6.07) is 3.98. The molecule has 4 heteroatoms. The van der Waals surface area contributed by atoms with Gasteiger partial charge in [0.05, 0.1) is 6.54 Å². The Hall–Kier alpha value is -1.42. The summed E-state index contributed by atoms with van der Waals surface area (Å²) in [5.41, 5.74) is 2.04. The van der Waals surface area contributed by atoms with E-state index in [1.54, 1.807) is 0 Å². The van der Waals surface area contributed by atoms with Crippen molar-refractivity contribution in [2.24, 2.45) is 5.92 Å². The molecule has 16 heavy (non-hydrogen) atoms. The van der Waals surface area contributed by atoms with Crippen LogP contribution in [0.4, 0.5) is 0 Å². The number of aromatic nitrogens is 3. The molecular weight excluding hydrogens is 200 g/mol. The second-order valence-electron chi connectivity index (χ2n) is 4.46. The Morgan fingerprint density at radius 1 is 1.50 bits per heavy atom. The van der Waals surface area contributed by atoms with Crippen LogP contribution in [0.15, 0.2) is 18.3 Å². The summed E-state index contributed by atoms with van der Waals surface area (Å²) >= 11 is 0. The normalized spacial score (nSPS) is 15.8. The fourth-order valence-corrected chi connectivity index (χ4v) is 2.05. The van der Waals surface area contributed by atoms with Crippen LogP contribution in [0.1, 0.15) is 18.7 Å². The molecule has 0 saturated heterocycles. The third-order valence-corrected chi connectivity index (χ3v) is 3.06. The van der Waals surface area contributed by atoms with Crippen LogP contribution in [0.25, 0.3) is 11.2 Å². The summed E-state index contributed by atoms with van der Waals surface area (Å²) < 4.78 is 2.27. The standard InChI is InChI=1S/C12H16N4/c1-13-7-11-15-10-3-2-6-14-12(10)16(11)8-9-4-5-9/h2-3,6,9,13H,4-5,7-8H2,1H3. The molecule has 1 aliphatic rings. The number of hydrogen-bond donors (Lipinski definition) is 1. The van der Waals surface area contributed by atoms with Crippen molar-refractivity contribution in [1.82, 2.24) is 19.9 Å². The zero-order valence-electron chi connectivity index (χ0n) is 9.48. The van der Waals surface area contributed by atoms with Gasteiger partial charge >= 0.3 is 0 Å². The van der Waals surface area contributed by atoms with Gasteiger partial charge in [-0.05, 0) is 37.9 Å². The average Bonchev–Trinajstić information content (AvgIpc) is 3.04. The van der Waals surface area contributed by atoms with E-state index in [4.69, 9.17) is 0 Å². The van der Waals surface area contributed by atoms with Crippen LogP contribution in [0.2, 0.25) is 0 Å². The zero-order chi connectivity index (χ0) is 11.0. The zero-order valence-corrected chi connectivity index (χ0v) is 9.48. The predicted molar refractivity (Wildman–Crippen MR) is 63.0 cm³/mol. The Kier molecular flexibility index (Phi) is 2.36. The van der Waals surface area contributed by atoms with Crippen LogP contribution in [0.5, 0.6) is 0 Å². The molecule has 2 aromatic heterocycles. The fourth-order valence-electron chi connectivity index (χ4n) is 2.05. The van der Waals surface area contributed by atoms with Crippen molar-refractivity contribution in [2.45, 2.75) is 25.9 Å². The van der Waals surface area contributed by atoms with E-state index in [2.05, 4.69) is 19.9 Å². The monoisotopic (exact) mass is 216 g/mol. The molecule has 2 aromatic rings. The third kappa shape index (κ3) is 1.69. The highest BCUT2D eigenvalue weighted by Gasteiger charge is 2.24. The highest BCUT2D eigenvalue weighted by atomic mass is 15.1. The summed E-state index contributed by atoms with van der Waals surface area (Å²) in [7, 11) is 1.95. The molecule has 0 atom stereocenters. The number of fused-ring (bicyclic) bond motifs is 1. The van der Waals surface area contributed by atoms with Gasteiger partial charge in [0, 0.05) is 12.7 Å². The lowest BCUT2D eigenvalue weighted by Gasteiger charge is -2.06. The molecule has 1 fully saturated rings. The van der Waals surface area contributed by atoms with Crippen LogP contribution in [-0.4, -0.2) is 21.6 Å². The van der Waals surface area contributed by atoms with Crippen molar-refractivity contribution in [1.29, 1.82) is 0 Å². The van der Waals surface area contributed by atoms with Gasteiger partial charge in [-0.2, -0.15) is 0 Å². The van der Waals surface area contributed by atoms with E-state index in [1.807, 2.05) is 25.4 Å². The summed E-state index contributed by atoms with van der Waals surface area (Å²) in [6.07, 6.45) is 4.55. The Balaban J connectivity index is 2.06. The van der Waals surface area contributed by atoms with E-state index >= 15 is 0 Å². The maximum Gasteiger partial charge on any atom is 0.160 e. The van der Waals surface area contributed by atoms with Crippen molar-refractivity contribution < 1.29 is 0 Å². The molecular formula is C12H16N4. The number of rotatable bonds is 4. The predicted octanol–water partition coefficient (Wildman–Crippen LogP) is 1.56. The van der Waals surface area contributed by atoms with Gasteiger partial charge in [0.2, 0.25) is 0 Å². The minimum absolute atomic E-state index is 0.809. The Labute approximate surface area is 94.7 Å². The summed E-state index contributed by atoms with van der Waals surface area (Å²) in [6.45, 7) is 1.88. The van der Waals surface area contributed by atoms with Gasteiger partial charge in [-0.3, -0.25) is 0 Å². The molecule has 0 spiro atoms. The smallest absolute Gasteiger partial charge is 0.160 e. The largest absolute Gasteiger partial charge is 0.313 e. The first-order valence-corrected chi connectivity index (χ1v) is 5.83. The molecule has 3 rings (SSSR count). The topological polar surface area (TPSA) is 42.7 Å². The molecule has 4 nitrogen and oxygen atoms in total. The number of nitrogens with zero attached hydrogens (tertiary/aromatic N) is 3. The lowest BCUT2D eigenvalue weighted by Crippen LogP contribution is -2.13. The van der Waals surface area contributed by atoms with Crippen molar-refractivity contribution in [3.8, 4) is 0 Å². The average molecular weight is 216 g/mol. The first kappa shape index (κ1) is 9.78. The Morgan fingerprint density at radius 3 is 3.12 bits per heavy atom. The molecule has 0 radical (unpaired) electrons. The van der Waals surface area contributed by atoms with Crippen molar-refractivity contribution in [3.63, 3.8) is 0 Å². The van der Waals surface area contributed by atoms with E-state index in [1.165, 1.54) is 12.8 Å². The third-order valence-electron chi connectivity index (χ3n) is 3.06. The van der Waals surface area contributed by atoms with Gasteiger partial charge < -0.3 is 9.88 Å².